The standard InChI is InChI=1S/C10H14O/c11-9-3-5-10-4-1-2-7(10)6-8(9)10/h7-8H,1-6H2/t7-,8+,10+/m1/s1. The Balaban J connectivity index is 1.98. The summed E-state index contributed by atoms with van der Waals surface area (Å²) in [6.07, 6.45) is 7.58. The molecule has 3 aliphatic carbocycles. The van der Waals surface area contributed by atoms with Crippen LogP contribution in [0, 0.1) is 17.3 Å². The molecular formula is C10H14O. The second kappa shape index (κ2) is 1.70. The molecule has 3 aliphatic rings. The lowest BCUT2D eigenvalue weighted by molar-refractivity contribution is -0.129. The Morgan fingerprint density at radius 3 is 3.00 bits per heavy atom. The van der Waals surface area contributed by atoms with E-state index in [1.807, 2.05) is 0 Å². The summed E-state index contributed by atoms with van der Waals surface area (Å²) in [5, 5.41) is 0. The molecule has 0 aromatic heterocycles. The fraction of sp³-hybridized carbons (Fsp3) is 0.900. The van der Waals surface area contributed by atoms with E-state index >= 15 is 0 Å². The quantitative estimate of drug-likeness (QED) is 0.517. The van der Waals surface area contributed by atoms with Gasteiger partial charge in [0, 0.05) is 12.3 Å². The van der Waals surface area contributed by atoms with Crippen LogP contribution < -0.4 is 0 Å². The summed E-state index contributed by atoms with van der Waals surface area (Å²) in [6, 6.07) is 0. The predicted octanol–water partition coefficient (Wildman–Crippen LogP) is 2.16. The number of ketones is 1. The van der Waals surface area contributed by atoms with Gasteiger partial charge in [0.2, 0.25) is 0 Å². The Labute approximate surface area is 67.2 Å². The second-order valence-corrected chi connectivity index (χ2v) is 4.58. The van der Waals surface area contributed by atoms with Crippen molar-refractivity contribution in [3.8, 4) is 0 Å². The number of hydrogen-bond donors (Lipinski definition) is 0. The van der Waals surface area contributed by atoms with Crippen molar-refractivity contribution >= 4 is 5.78 Å². The van der Waals surface area contributed by atoms with Crippen molar-refractivity contribution in [3.05, 3.63) is 0 Å². The first-order valence-electron chi connectivity index (χ1n) is 4.86. The van der Waals surface area contributed by atoms with Crippen molar-refractivity contribution in [2.24, 2.45) is 17.3 Å². The van der Waals surface area contributed by atoms with E-state index in [2.05, 4.69) is 0 Å². The Kier molecular flexibility index (Phi) is 0.961. The molecule has 0 heterocycles. The fourth-order valence-corrected chi connectivity index (χ4v) is 3.82. The predicted molar refractivity (Wildman–Crippen MR) is 42.1 cm³/mol. The van der Waals surface area contributed by atoms with E-state index < -0.39 is 0 Å². The molecule has 1 heteroatoms. The van der Waals surface area contributed by atoms with Gasteiger partial charge in [0.05, 0.1) is 0 Å². The van der Waals surface area contributed by atoms with Gasteiger partial charge in [-0.15, -0.1) is 0 Å². The summed E-state index contributed by atoms with van der Waals surface area (Å²) in [5.41, 5.74) is 0.567. The van der Waals surface area contributed by atoms with E-state index in [4.69, 9.17) is 0 Å². The summed E-state index contributed by atoms with van der Waals surface area (Å²) < 4.78 is 0. The van der Waals surface area contributed by atoms with Crippen LogP contribution in [-0.4, -0.2) is 5.78 Å². The van der Waals surface area contributed by atoms with Crippen LogP contribution in [-0.2, 0) is 4.79 Å². The summed E-state index contributed by atoms with van der Waals surface area (Å²) in [6.45, 7) is 0. The van der Waals surface area contributed by atoms with E-state index in [9.17, 15) is 4.79 Å². The Morgan fingerprint density at radius 1 is 1.36 bits per heavy atom. The third-order valence-corrected chi connectivity index (χ3v) is 4.45. The maximum absolute atomic E-state index is 11.4. The molecule has 0 bridgehead atoms. The highest BCUT2D eigenvalue weighted by Gasteiger charge is 2.62. The van der Waals surface area contributed by atoms with Crippen molar-refractivity contribution in [1.82, 2.24) is 0 Å². The highest BCUT2D eigenvalue weighted by atomic mass is 16.1. The van der Waals surface area contributed by atoms with Gasteiger partial charge in [-0.1, -0.05) is 6.42 Å². The maximum Gasteiger partial charge on any atom is 0.136 e. The van der Waals surface area contributed by atoms with Crippen LogP contribution in [0.25, 0.3) is 0 Å². The van der Waals surface area contributed by atoms with Crippen molar-refractivity contribution in [1.29, 1.82) is 0 Å². The van der Waals surface area contributed by atoms with E-state index in [0.29, 0.717) is 17.1 Å². The second-order valence-electron chi connectivity index (χ2n) is 4.58. The smallest absolute Gasteiger partial charge is 0.136 e. The van der Waals surface area contributed by atoms with Gasteiger partial charge in [0.25, 0.3) is 0 Å². The monoisotopic (exact) mass is 150 g/mol. The first kappa shape index (κ1) is 6.22. The number of rotatable bonds is 0. The largest absolute Gasteiger partial charge is 0.299 e. The van der Waals surface area contributed by atoms with Crippen LogP contribution in [0.4, 0.5) is 0 Å². The van der Waals surface area contributed by atoms with Crippen molar-refractivity contribution in [2.75, 3.05) is 0 Å². The molecule has 0 radical (unpaired) electrons. The molecule has 0 aromatic carbocycles. The Bertz CT molecular complexity index is 221. The number of carbonyl (C=O) groups is 1. The zero-order chi connectivity index (χ0) is 7.47. The molecule has 0 unspecified atom stereocenters. The molecule has 0 N–H and O–H groups in total. The molecule has 0 aliphatic heterocycles. The van der Waals surface area contributed by atoms with Gasteiger partial charge in [-0.05, 0) is 37.0 Å². The lowest BCUT2D eigenvalue weighted by Gasteiger charge is -2.47. The number of Topliss-reactive ketones (excluding diaryl/α,β-unsaturated/α-hetero) is 1. The van der Waals surface area contributed by atoms with Crippen LogP contribution in [0.5, 0.6) is 0 Å². The van der Waals surface area contributed by atoms with Crippen LogP contribution in [0.3, 0.4) is 0 Å². The van der Waals surface area contributed by atoms with Gasteiger partial charge in [0.1, 0.15) is 5.78 Å². The fourth-order valence-electron chi connectivity index (χ4n) is 3.82. The van der Waals surface area contributed by atoms with Gasteiger partial charge in [-0.25, -0.2) is 0 Å². The molecule has 0 saturated heterocycles. The van der Waals surface area contributed by atoms with E-state index in [1.165, 1.54) is 32.1 Å². The third kappa shape index (κ3) is 0.533. The SMILES string of the molecule is O=C1CC[C@@]23CCC[C@@H]2C[C@@H]13. The first-order chi connectivity index (χ1) is 5.33. The summed E-state index contributed by atoms with van der Waals surface area (Å²) in [5.74, 6) is 2.07. The summed E-state index contributed by atoms with van der Waals surface area (Å²) in [7, 11) is 0. The molecule has 1 spiro atoms. The molecule has 3 atom stereocenters. The van der Waals surface area contributed by atoms with Gasteiger partial charge in [-0.3, -0.25) is 4.79 Å². The van der Waals surface area contributed by atoms with E-state index in [1.54, 1.807) is 0 Å². The maximum atomic E-state index is 11.4. The highest BCUT2D eigenvalue weighted by molar-refractivity contribution is 5.85. The lowest BCUT2D eigenvalue weighted by atomic mass is 9.56. The highest BCUT2D eigenvalue weighted by Crippen LogP contribution is 2.67. The molecule has 3 rings (SSSR count). The minimum absolute atomic E-state index is 0.523. The minimum Gasteiger partial charge on any atom is -0.299 e. The molecule has 0 aromatic rings. The molecular weight excluding hydrogens is 136 g/mol. The topological polar surface area (TPSA) is 17.1 Å². The molecule has 60 valence electrons. The molecule has 3 saturated carbocycles. The Hall–Kier alpha value is -0.330. The molecule has 3 fully saturated rings. The molecule has 0 amide bonds. The first-order valence-corrected chi connectivity index (χ1v) is 4.86. The van der Waals surface area contributed by atoms with Gasteiger partial charge in [0.15, 0.2) is 0 Å². The van der Waals surface area contributed by atoms with E-state index in [-0.39, 0.29) is 0 Å². The van der Waals surface area contributed by atoms with Crippen molar-refractivity contribution in [3.63, 3.8) is 0 Å². The zero-order valence-corrected chi connectivity index (χ0v) is 6.81. The van der Waals surface area contributed by atoms with Gasteiger partial charge < -0.3 is 0 Å². The summed E-state index contributed by atoms with van der Waals surface area (Å²) in [4.78, 5) is 11.4. The molecule has 1 nitrogen and oxygen atoms in total. The van der Waals surface area contributed by atoms with E-state index in [0.717, 1.165) is 12.3 Å². The average Bonchev–Trinajstić information content (AvgIpc) is 2.39. The van der Waals surface area contributed by atoms with Gasteiger partial charge >= 0.3 is 0 Å². The van der Waals surface area contributed by atoms with Crippen molar-refractivity contribution < 1.29 is 4.79 Å². The zero-order valence-electron chi connectivity index (χ0n) is 6.81. The van der Waals surface area contributed by atoms with Crippen LogP contribution >= 0.6 is 0 Å². The number of carbonyl (C=O) groups excluding carboxylic acids is 1. The third-order valence-electron chi connectivity index (χ3n) is 4.45. The van der Waals surface area contributed by atoms with Crippen LogP contribution in [0.15, 0.2) is 0 Å². The lowest BCUT2D eigenvalue weighted by Crippen LogP contribution is -2.43. The number of hydrogen-bond acceptors (Lipinski definition) is 1. The Morgan fingerprint density at radius 2 is 2.27 bits per heavy atom. The average molecular weight is 150 g/mol. The summed E-state index contributed by atoms with van der Waals surface area (Å²) >= 11 is 0. The minimum atomic E-state index is 0.523. The van der Waals surface area contributed by atoms with Crippen molar-refractivity contribution in [2.45, 2.75) is 38.5 Å². The van der Waals surface area contributed by atoms with Crippen LogP contribution in [0.2, 0.25) is 0 Å². The van der Waals surface area contributed by atoms with Crippen LogP contribution in [0.1, 0.15) is 38.5 Å². The normalized spacial score (nSPS) is 53.6. The van der Waals surface area contributed by atoms with Gasteiger partial charge in [-0.2, -0.15) is 0 Å². The molecule has 11 heavy (non-hydrogen) atoms.